The highest BCUT2D eigenvalue weighted by Crippen LogP contribution is 2.28. The van der Waals surface area contributed by atoms with Crippen LogP contribution in [0.2, 0.25) is 10.0 Å². The van der Waals surface area contributed by atoms with Gasteiger partial charge < -0.3 is 5.73 Å². The van der Waals surface area contributed by atoms with Gasteiger partial charge in [-0.15, -0.1) is 0 Å². The predicted molar refractivity (Wildman–Crippen MR) is 77.0 cm³/mol. The van der Waals surface area contributed by atoms with Crippen molar-refractivity contribution >= 4 is 33.2 Å². The molecule has 1 aliphatic rings. The first-order chi connectivity index (χ1) is 8.82. The smallest absolute Gasteiger partial charge is 0.243 e. The number of piperidine rings is 1. The molecule has 2 rings (SSSR count). The van der Waals surface area contributed by atoms with Gasteiger partial charge in [-0.2, -0.15) is 4.31 Å². The lowest BCUT2D eigenvalue weighted by atomic mass is 9.96. The summed E-state index contributed by atoms with van der Waals surface area (Å²) in [5.41, 5.74) is 5.91. The molecule has 2 unspecified atom stereocenters. The summed E-state index contributed by atoms with van der Waals surface area (Å²) in [6, 6.07) is 4.41. The van der Waals surface area contributed by atoms with Crippen LogP contribution >= 0.6 is 23.2 Å². The summed E-state index contributed by atoms with van der Waals surface area (Å²) in [4.78, 5) is 0.171. The van der Waals surface area contributed by atoms with Gasteiger partial charge in [-0.25, -0.2) is 8.42 Å². The molecule has 0 amide bonds. The Hall–Kier alpha value is -0.330. The Labute approximate surface area is 123 Å². The molecule has 1 aromatic rings. The van der Waals surface area contributed by atoms with Crippen molar-refractivity contribution in [1.82, 2.24) is 4.31 Å². The van der Waals surface area contributed by atoms with E-state index >= 15 is 0 Å². The van der Waals surface area contributed by atoms with Gasteiger partial charge in [-0.1, -0.05) is 30.1 Å². The van der Waals surface area contributed by atoms with Crippen LogP contribution in [0.25, 0.3) is 0 Å². The van der Waals surface area contributed by atoms with Crippen molar-refractivity contribution in [2.75, 3.05) is 13.1 Å². The third kappa shape index (κ3) is 3.06. The van der Waals surface area contributed by atoms with Crippen molar-refractivity contribution < 1.29 is 8.42 Å². The van der Waals surface area contributed by atoms with Gasteiger partial charge in [-0.3, -0.25) is 0 Å². The van der Waals surface area contributed by atoms with Crippen molar-refractivity contribution in [1.29, 1.82) is 0 Å². The molecular weight excluding hydrogens is 307 g/mol. The molecule has 0 radical (unpaired) electrons. The average molecular weight is 323 g/mol. The first-order valence-corrected chi connectivity index (χ1v) is 8.22. The number of rotatable bonds is 2. The molecule has 1 fully saturated rings. The lowest BCUT2D eigenvalue weighted by molar-refractivity contribution is 0.250. The fourth-order valence-electron chi connectivity index (χ4n) is 2.13. The average Bonchev–Trinajstić information content (AvgIpc) is 2.35. The van der Waals surface area contributed by atoms with Crippen LogP contribution < -0.4 is 5.73 Å². The zero-order valence-corrected chi connectivity index (χ0v) is 12.8. The van der Waals surface area contributed by atoms with Crippen molar-refractivity contribution in [3.8, 4) is 0 Å². The third-order valence-electron chi connectivity index (χ3n) is 3.46. The molecule has 1 aliphatic heterocycles. The molecule has 2 N–H and O–H groups in total. The highest BCUT2D eigenvalue weighted by atomic mass is 35.5. The summed E-state index contributed by atoms with van der Waals surface area (Å²) >= 11 is 11.7. The summed E-state index contributed by atoms with van der Waals surface area (Å²) < 4.78 is 26.4. The summed E-state index contributed by atoms with van der Waals surface area (Å²) in [7, 11) is -3.52. The van der Waals surface area contributed by atoms with Crippen molar-refractivity contribution in [3.05, 3.63) is 28.2 Å². The molecule has 0 spiro atoms. The number of nitrogens with two attached hydrogens (primary N) is 1. The maximum Gasteiger partial charge on any atom is 0.243 e. The number of nitrogens with zero attached hydrogens (tertiary/aromatic N) is 1. The number of sulfonamides is 1. The van der Waals surface area contributed by atoms with Crippen LogP contribution in [-0.4, -0.2) is 31.9 Å². The Balaban J connectivity index is 2.29. The van der Waals surface area contributed by atoms with E-state index < -0.39 is 10.0 Å². The molecule has 7 heteroatoms. The van der Waals surface area contributed by atoms with E-state index in [0.29, 0.717) is 24.5 Å². The molecule has 0 aliphatic carbocycles. The van der Waals surface area contributed by atoms with E-state index in [9.17, 15) is 8.42 Å². The molecule has 19 heavy (non-hydrogen) atoms. The van der Waals surface area contributed by atoms with Crippen LogP contribution in [-0.2, 0) is 10.0 Å². The zero-order valence-electron chi connectivity index (χ0n) is 10.5. The molecule has 106 valence electrons. The fourth-order valence-corrected chi connectivity index (χ4v) is 4.08. The number of hydrogen-bond acceptors (Lipinski definition) is 3. The summed E-state index contributed by atoms with van der Waals surface area (Å²) in [6.45, 7) is 2.83. The minimum absolute atomic E-state index is 0.0558. The highest BCUT2D eigenvalue weighted by molar-refractivity contribution is 7.89. The zero-order chi connectivity index (χ0) is 14.2. The number of hydrogen-bond donors (Lipinski definition) is 1. The molecule has 4 nitrogen and oxygen atoms in total. The van der Waals surface area contributed by atoms with Gasteiger partial charge in [0.25, 0.3) is 0 Å². The quantitative estimate of drug-likeness (QED) is 0.909. The van der Waals surface area contributed by atoms with Crippen molar-refractivity contribution in [3.63, 3.8) is 0 Å². The van der Waals surface area contributed by atoms with E-state index in [2.05, 4.69) is 0 Å². The Morgan fingerprint density at radius 2 is 2.00 bits per heavy atom. The molecule has 1 saturated heterocycles. The number of halogens is 2. The lowest BCUT2D eigenvalue weighted by Gasteiger charge is -2.34. The minimum Gasteiger partial charge on any atom is -0.327 e. The topological polar surface area (TPSA) is 63.4 Å². The van der Waals surface area contributed by atoms with E-state index in [1.54, 1.807) is 0 Å². The van der Waals surface area contributed by atoms with Crippen LogP contribution in [0.5, 0.6) is 0 Å². The largest absolute Gasteiger partial charge is 0.327 e. The minimum atomic E-state index is -3.52. The van der Waals surface area contributed by atoms with Crippen molar-refractivity contribution in [2.24, 2.45) is 11.7 Å². The van der Waals surface area contributed by atoms with Crippen LogP contribution in [0, 0.1) is 5.92 Å². The van der Waals surface area contributed by atoms with E-state index in [1.807, 2.05) is 6.92 Å². The first kappa shape index (κ1) is 15.1. The maximum absolute atomic E-state index is 12.5. The van der Waals surface area contributed by atoms with Crippen LogP contribution in [0.1, 0.15) is 13.3 Å². The monoisotopic (exact) mass is 322 g/mol. The van der Waals surface area contributed by atoms with Gasteiger partial charge in [0.1, 0.15) is 0 Å². The van der Waals surface area contributed by atoms with Crippen molar-refractivity contribution in [2.45, 2.75) is 24.3 Å². The normalized spacial score (nSPS) is 25.5. The van der Waals surface area contributed by atoms with Crippen LogP contribution in [0.4, 0.5) is 0 Å². The SMILES string of the molecule is CC1CN(S(=O)(=O)c2ccc(Cl)c(Cl)c2)CCC1N. The second-order valence-electron chi connectivity index (χ2n) is 4.87. The Bertz CT molecular complexity index is 577. The van der Waals surface area contributed by atoms with E-state index in [0.717, 1.165) is 0 Å². The molecule has 0 saturated carbocycles. The Morgan fingerprint density at radius 1 is 1.32 bits per heavy atom. The van der Waals surface area contributed by atoms with E-state index in [4.69, 9.17) is 28.9 Å². The molecule has 0 aromatic heterocycles. The van der Waals surface area contributed by atoms with E-state index in [-0.39, 0.29) is 21.9 Å². The maximum atomic E-state index is 12.5. The second-order valence-corrected chi connectivity index (χ2v) is 7.62. The second kappa shape index (κ2) is 5.58. The Morgan fingerprint density at radius 3 is 2.58 bits per heavy atom. The fraction of sp³-hybridized carbons (Fsp3) is 0.500. The van der Waals surface area contributed by atoms with Gasteiger partial charge >= 0.3 is 0 Å². The van der Waals surface area contributed by atoms with E-state index in [1.165, 1.54) is 22.5 Å². The molecule has 2 atom stereocenters. The number of benzene rings is 1. The molecular formula is C12H16Cl2N2O2S. The molecule has 0 bridgehead atoms. The first-order valence-electron chi connectivity index (χ1n) is 6.03. The summed E-state index contributed by atoms with van der Waals surface area (Å²) in [5, 5.41) is 0.583. The van der Waals surface area contributed by atoms with Gasteiger partial charge in [0.05, 0.1) is 14.9 Å². The summed E-state index contributed by atoms with van der Waals surface area (Å²) in [5.74, 6) is 0.145. The Kier molecular flexibility index (Phi) is 4.42. The standard InChI is InChI=1S/C12H16Cl2N2O2S/c1-8-7-16(5-4-12(8)15)19(17,18)9-2-3-10(13)11(14)6-9/h2-3,6,8,12H,4-5,7,15H2,1H3. The molecule has 1 heterocycles. The predicted octanol–water partition coefficient (Wildman–Crippen LogP) is 2.35. The highest BCUT2D eigenvalue weighted by Gasteiger charge is 2.32. The van der Waals surface area contributed by atoms with Crippen LogP contribution in [0.15, 0.2) is 23.1 Å². The van der Waals surface area contributed by atoms with Crippen LogP contribution in [0.3, 0.4) is 0 Å². The van der Waals surface area contributed by atoms with Gasteiger partial charge in [-0.05, 0) is 30.5 Å². The molecule has 1 aromatic carbocycles. The van der Waals surface area contributed by atoms with Gasteiger partial charge in [0.15, 0.2) is 0 Å². The third-order valence-corrected chi connectivity index (χ3v) is 6.06. The van der Waals surface area contributed by atoms with Gasteiger partial charge in [0.2, 0.25) is 10.0 Å². The van der Waals surface area contributed by atoms with Gasteiger partial charge in [0, 0.05) is 19.1 Å². The summed E-state index contributed by atoms with van der Waals surface area (Å²) in [6.07, 6.45) is 0.668. The lowest BCUT2D eigenvalue weighted by Crippen LogP contribution is -2.48.